The number of halogens is 1. The van der Waals surface area contributed by atoms with E-state index in [1.54, 1.807) is 0 Å². The molecule has 1 N–H and O–H groups in total. The van der Waals surface area contributed by atoms with E-state index in [1.165, 1.54) is 22.4 Å². The molecule has 0 aromatic heterocycles. The second kappa shape index (κ2) is 8.87. The number of urea groups is 1. The Morgan fingerprint density at radius 3 is 2.11 bits per heavy atom. The van der Waals surface area contributed by atoms with E-state index in [0.717, 1.165) is 31.9 Å². The van der Waals surface area contributed by atoms with Crippen molar-refractivity contribution in [3.8, 4) is 0 Å². The van der Waals surface area contributed by atoms with Crippen LogP contribution in [-0.2, 0) is 5.41 Å². The SMILES string of the molecule is Cc1cccc(N2CCN(C(=O)Nc3ccc(C(C)(C)C)cc3)CC2)c1C.Cl. The van der Waals surface area contributed by atoms with Gasteiger partial charge in [0.1, 0.15) is 0 Å². The average molecular weight is 402 g/mol. The molecule has 2 aromatic rings. The second-order valence-corrected chi connectivity index (χ2v) is 8.45. The monoisotopic (exact) mass is 401 g/mol. The minimum Gasteiger partial charge on any atom is -0.368 e. The fourth-order valence-corrected chi connectivity index (χ4v) is 3.48. The first-order valence-electron chi connectivity index (χ1n) is 9.73. The van der Waals surface area contributed by atoms with Gasteiger partial charge in [-0.25, -0.2) is 4.79 Å². The maximum absolute atomic E-state index is 12.6. The van der Waals surface area contributed by atoms with Gasteiger partial charge in [0.05, 0.1) is 0 Å². The van der Waals surface area contributed by atoms with E-state index in [2.05, 4.69) is 75.2 Å². The van der Waals surface area contributed by atoms with Crippen molar-refractivity contribution in [1.82, 2.24) is 4.90 Å². The van der Waals surface area contributed by atoms with Crippen molar-refractivity contribution in [1.29, 1.82) is 0 Å². The molecular weight excluding hydrogens is 370 g/mol. The zero-order valence-electron chi connectivity index (χ0n) is 17.6. The molecule has 1 saturated heterocycles. The van der Waals surface area contributed by atoms with Crippen LogP contribution in [0.2, 0.25) is 0 Å². The van der Waals surface area contributed by atoms with Gasteiger partial charge in [-0.2, -0.15) is 0 Å². The molecular formula is C23H32ClN3O. The van der Waals surface area contributed by atoms with Crippen molar-refractivity contribution in [2.24, 2.45) is 0 Å². The van der Waals surface area contributed by atoms with E-state index in [4.69, 9.17) is 0 Å². The molecule has 1 aliphatic rings. The number of anilines is 2. The molecule has 0 bridgehead atoms. The molecule has 2 aromatic carbocycles. The standard InChI is InChI=1S/C23H31N3O.ClH/c1-17-7-6-8-21(18(17)2)25-13-15-26(16-14-25)22(27)24-20-11-9-19(10-12-20)23(3,4)5;/h6-12H,13-16H2,1-5H3,(H,24,27);1H. The number of benzene rings is 2. The summed E-state index contributed by atoms with van der Waals surface area (Å²) in [6.45, 7) is 14.1. The third kappa shape index (κ3) is 4.99. The topological polar surface area (TPSA) is 35.6 Å². The smallest absolute Gasteiger partial charge is 0.321 e. The van der Waals surface area contributed by atoms with Gasteiger partial charge in [-0.15, -0.1) is 12.4 Å². The van der Waals surface area contributed by atoms with Gasteiger partial charge in [0.2, 0.25) is 0 Å². The van der Waals surface area contributed by atoms with Crippen LogP contribution >= 0.6 is 12.4 Å². The van der Waals surface area contributed by atoms with Gasteiger partial charge in [0, 0.05) is 37.6 Å². The van der Waals surface area contributed by atoms with Crippen molar-refractivity contribution in [2.45, 2.75) is 40.0 Å². The van der Waals surface area contributed by atoms with Crippen LogP contribution in [0.3, 0.4) is 0 Å². The summed E-state index contributed by atoms with van der Waals surface area (Å²) < 4.78 is 0. The molecule has 152 valence electrons. The van der Waals surface area contributed by atoms with Gasteiger partial charge in [-0.3, -0.25) is 0 Å². The summed E-state index contributed by atoms with van der Waals surface area (Å²) in [6, 6.07) is 14.6. The fraction of sp³-hybridized carbons (Fsp3) is 0.435. The van der Waals surface area contributed by atoms with Crippen LogP contribution in [0.5, 0.6) is 0 Å². The average Bonchev–Trinajstić information content (AvgIpc) is 2.64. The molecule has 0 spiro atoms. The summed E-state index contributed by atoms with van der Waals surface area (Å²) in [4.78, 5) is 16.9. The first-order chi connectivity index (χ1) is 12.8. The summed E-state index contributed by atoms with van der Waals surface area (Å²) in [5, 5.41) is 3.03. The van der Waals surface area contributed by atoms with E-state index in [1.807, 2.05) is 17.0 Å². The van der Waals surface area contributed by atoms with Gasteiger partial charge in [0.15, 0.2) is 0 Å². The second-order valence-electron chi connectivity index (χ2n) is 8.45. The van der Waals surface area contributed by atoms with Crippen molar-refractivity contribution in [3.63, 3.8) is 0 Å². The molecule has 1 aliphatic heterocycles. The predicted molar refractivity (Wildman–Crippen MR) is 121 cm³/mol. The lowest BCUT2D eigenvalue weighted by Gasteiger charge is -2.37. The Morgan fingerprint density at radius 1 is 0.929 bits per heavy atom. The zero-order valence-corrected chi connectivity index (χ0v) is 18.4. The number of carbonyl (C=O) groups excluding carboxylic acids is 1. The molecule has 0 radical (unpaired) electrons. The fourth-order valence-electron chi connectivity index (χ4n) is 3.48. The minimum atomic E-state index is -0.0147. The number of aryl methyl sites for hydroxylation is 1. The molecule has 0 saturated carbocycles. The molecule has 3 rings (SSSR count). The third-order valence-electron chi connectivity index (χ3n) is 5.49. The highest BCUT2D eigenvalue weighted by Crippen LogP contribution is 2.25. The molecule has 2 amide bonds. The van der Waals surface area contributed by atoms with E-state index >= 15 is 0 Å². The van der Waals surface area contributed by atoms with Crippen LogP contribution in [0.1, 0.15) is 37.5 Å². The highest BCUT2D eigenvalue weighted by Gasteiger charge is 2.22. The van der Waals surface area contributed by atoms with Crippen molar-refractivity contribution in [2.75, 3.05) is 36.4 Å². The Bertz CT molecular complexity index is 804. The van der Waals surface area contributed by atoms with Crippen molar-refractivity contribution < 1.29 is 4.79 Å². The lowest BCUT2D eigenvalue weighted by Crippen LogP contribution is -2.50. The van der Waals surface area contributed by atoms with Gasteiger partial charge in [0.25, 0.3) is 0 Å². The quantitative estimate of drug-likeness (QED) is 0.733. The summed E-state index contributed by atoms with van der Waals surface area (Å²) in [5.41, 5.74) is 6.16. The Kier molecular flexibility index (Phi) is 7.00. The van der Waals surface area contributed by atoms with E-state index in [0.29, 0.717) is 0 Å². The number of rotatable bonds is 2. The number of amides is 2. The van der Waals surface area contributed by atoms with Crippen LogP contribution in [0.4, 0.5) is 16.2 Å². The normalized spacial score (nSPS) is 14.5. The Balaban J connectivity index is 0.00000280. The van der Waals surface area contributed by atoms with Crippen LogP contribution in [0, 0.1) is 13.8 Å². The number of hydrogen-bond donors (Lipinski definition) is 1. The molecule has 0 unspecified atom stereocenters. The van der Waals surface area contributed by atoms with Crippen molar-refractivity contribution >= 4 is 29.8 Å². The summed E-state index contributed by atoms with van der Waals surface area (Å²) in [7, 11) is 0. The maximum atomic E-state index is 12.6. The van der Waals surface area contributed by atoms with E-state index in [-0.39, 0.29) is 23.9 Å². The molecule has 28 heavy (non-hydrogen) atoms. The molecule has 5 heteroatoms. The van der Waals surface area contributed by atoms with Gasteiger partial charge in [-0.05, 0) is 54.2 Å². The number of nitrogens with zero attached hydrogens (tertiary/aromatic N) is 2. The van der Waals surface area contributed by atoms with Crippen LogP contribution in [0.15, 0.2) is 42.5 Å². The van der Waals surface area contributed by atoms with Gasteiger partial charge < -0.3 is 15.1 Å². The highest BCUT2D eigenvalue weighted by molar-refractivity contribution is 5.89. The lowest BCUT2D eigenvalue weighted by atomic mass is 9.87. The number of hydrogen-bond acceptors (Lipinski definition) is 2. The first kappa shape index (κ1) is 22.1. The highest BCUT2D eigenvalue weighted by atomic mass is 35.5. The van der Waals surface area contributed by atoms with Gasteiger partial charge in [-0.1, -0.05) is 45.0 Å². The Hall–Kier alpha value is -2.20. The van der Waals surface area contributed by atoms with Crippen LogP contribution < -0.4 is 10.2 Å². The van der Waals surface area contributed by atoms with Crippen LogP contribution in [-0.4, -0.2) is 37.1 Å². The van der Waals surface area contributed by atoms with Gasteiger partial charge >= 0.3 is 6.03 Å². The summed E-state index contributed by atoms with van der Waals surface area (Å²) in [6.07, 6.45) is 0. The molecule has 0 atom stereocenters. The summed E-state index contributed by atoms with van der Waals surface area (Å²) in [5.74, 6) is 0. The minimum absolute atomic E-state index is 0. The number of carbonyl (C=O) groups is 1. The third-order valence-corrected chi connectivity index (χ3v) is 5.49. The van der Waals surface area contributed by atoms with Crippen LogP contribution in [0.25, 0.3) is 0 Å². The first-order valence-corrected chi connectivity index (χ1v) is 9.73. The van der Waals surface area contributed by atoms with E-state index in [9.17, 15) is 4.79 Å². The largest absolute Gasteiger partial charge is 0.368 e. The Morgan fingerprint density at radius 2 is 1.54 bits per heavy atom. The van der Waals surface area contributed by atoms with Crippen molar-refractivity contribution in [3.05, 3.63) is 59.2 Å². The zero-order chi connectivity index (χ0) is 19.6. The van der Waals surface area contributed by atoms with E-state index < -0.39 is 0 Å². The lowest BCUT2D eigenvalue weighted by molar-refractivity contribution is 0.208. The summed E-state index contributed by atoms with van der Waals surface area (Å²) >= 11 is 0. The number of piperazine rings is 1. The molecule has 4 nitrogen and oxygen atoms in total. The Labute approximate surface area is 175 Å². The molecule has 0 aliphatic carbocycles. The predicted octanol–water partition coefficient (Wildman–Crippen LogP) is 5.38. The molecule has 1 fully saturated rings. The molecule has 1 heterocycles. The number of nitrogens with one attached hydrogen (secondary N) is 1. The maximum Gasteiger partial charge on any atom is 0.321 e.